The van der Waals surface area contributed by atoms with E-state index >= 15 is 4.39 Å². The van der Waals surface area contributed by atoms with Crippen LogP contribution in [0.5, 0.6) is 11.8 Å². The highest BCUT2D eigenvalue weighted by Gasteiger charge is 2.24. The van der Waals surface area contributed by atoms with Gasteiger partial charge in [-0.25, -0.2) is 4.39 Å². The zero-order valence-corrected chi connectivity index (χ0v) is 19.0. The van der Waals surface area contributed by atoms with Crippen LogP contribution in [0.15, 0.2) is 49.0 Å². The first kappa shape index (κ1) is 22.1. The summed E-state index contributed by atoms with van der Waals surface area (Å²) in [6.45, 7) is 5.22. The van der Waals surface area contributed by atoms with Crippen molar-refractivity contribution in [1.29, 1.82) is 0 Å². The summed E-state index contributed by atoms with van der Waals surface area (Å²) in [5.74, 6) is 0.0949. The quantitative estimate of drug-likeness (QED) is 0.431. The van der Waals surface area contributed by atoms with Gasteiger partial charge in [-0.3, -0.25) is 0 Å². The molecule has 0 aliphatic carbocycles. The van der Waals surface area contributed by atoms with E-state index in [2.05, 4.69) is 21.4 Å². The third kappa shape index (κ3) is 3.82. The number of phenolic OH excluding ortho intramolecular Hbond substituents is 1. The summed E-state index contributed by atoms with van der Waals surface area (Å²) >= 11 is 0. The molecule has 5 rings (SSSR count). The first-order valence-corrected chi connectivity index (χ1v) is 11.4. The lowest BCUT2D eigenvalue weighted by molar-refractivity contribution is 0.161. The molecule has 0 spiro atoms. The number of halogens is 1. The second kappa shape index (κ2) is 8.91. The van der Waals surface area contributed by atoms with Gasteiger partial charge < -0.3 is 19.8 Å². The van der Waals surface area contributed by atoms with Crippen molar-refractivity contribution in [2.24, 2.45) is 0 Å². The molecule has 1 aliphatic heterocycles. The van der Waals surface area contributed by atoms with E-state index in [0.717, 1.165) is 23.6 Å². The summed E-state index contributed by atoms with van der Waals surface area (Å²) < 4.78 is 21.7. The molecule has 1 aromatic heterocycles. The minimum Gasteiger partial charge on any atom is -0.508 e. The van der Waals surface area contributed by atoms with Gasteiger partial charge in [0.05, 0.1) is 13.2 Å². The molecule has 1 fully saturated rings. The Morgan fingerprint density at radius 1 is 1.12 bits per heavy atom. The summed E-state index contributed by atoms with van der Waals surface area (Å²) in [5, 5.41) is 22.6. The Morgan fingerprint density at radius 2 is 1.94 bits per heavy atom. The molecule has 34 heavy (non-hydrogen) atoms. The van der Waals surface area contributed by atoms with E-state index in [1.54, 1.807) is 18.2 Å². The lowest BCUT2D eigenvalue weighted by atomic mass is 9.92. The number of aromatic nitrogens is 2. The van der Waals surface area contributed by atoms with Crippen molar-refractivity contribution in [3.05, 3.63) is 60.4 Å². The predicted molar refractivity (Wildman–Crippen MR) is 133 cm³/mol. The lowest BCUT2D eigenvalue weighted by Gasteiger charge is -2.24. The van der Waals surface area contributed by atoms with Gasteiger partial charge in [0, 0.05) is 24.0 Å². The van der Waals surface area contributed by atoms with Crippen LogP contribution in [0.4, 0.5) is 10.2 Å². The smallest absolute Gasteiger partial charge is 0.318 e. The maximum absolute atomic E-state index is 16.3. The van der Waals surface area contributed by atoms with Gasteiger partial charge in [0.1, 0.15) is 17.1 Å². The number of anilines is 1. The van der Waals surface area contributed by atoms with E-state index in [4.69, 9.17) is 4.74 Å². The molecule has 174 valence electrons. The summed E-state index contributed by atoms with van der Waals surface area (Å²) in [5.41, 5.74) is 1.58. The number of fused-ring (bicyclic) bond motifs is 2. The van der Waals surface area contributed by atoms with Crippen LogP contribution in [-0.4, -0.2) is 46.5 Å². The first-order valence-electron chi connectivity index (χ1n) is 11.4. The fraction of sp³-hybridized carbons (Fsp3) is 0.259. The molecule has 1 saturated heterocycles. The minimum absolute atomic E-state index is 0.0484. The monoisotopic (exact) mass is 459 g/mol. The average Bonchev–Trinajstić information content (AvgIpc) is 3.07. The molecule has 2 heterocycles. The number of phenols is 1. The van der Waals surface area contributed by atoms with Gasteiger partial charge in [-0.15, -0.1) is 0 Å². The number of methoxy groups -OCH3 is 1. The standard InChI is InChI=1S/C27H26FN3O3/c1-3-16-14-22-25(29-27(34-2)30-26(22)31-11-6-8-18(32)10-12-31)24(28)23(16)21-15-19(33)13-17-7-4-5-9-20(17)21/h3-5,7,9,13-15,18,32-33H,1,6,8,10-12H2,2H3. The van der Waals surface area contributed by atoms with Gasteiger partial charge in [-0.2, -0.15) is 9.97 Å². The van der Waals surface area contributed by atoms with Crippen LogP contribution in [0.25, 0.3) is 38.9 Å². The Kier molecular flexibility index (Phi) is 5.79. The van der Waals surface area contributed by atoms with E-state index in [9.17, 15) is 10.2 Å². The van der Waals surface area contributed by atoms with Gasteiger partial charge in [-0.1, -0.05) is 36.9 Å². The highest BCUT2D eigenvalue weighted by molar-refractivity contribution is 6.04. The largest absolute Gasteiger partial charge is 0.508 e. The number of ether oxygens (including phenoxy) is 1. The zero-order chi connectivity index (χ0) is 23.8. The van der Waals surface area contributed by atoms with Crippen LogP contribution in [0, 0.1) is 5.82 Å². The number of hydrogen-bond donors (Lipinski definition) is 2. The van der Waals surface area contributed by atoms with Crippen molar-refractivity contribution in [2.45, 2.75) is 25.4 Å². The molecule has 4 aromatic rings. The van der Waals surface area contributed by atoms with Crippen molar-refractivity contribution in [3.63, 3.8) is 0 Å². The second-order valence-corrected chi connectivity index (χ2v) is 8.58. The van der Waals surface area contributed by atoms with Crippen LogP contribution < -0.4 is 9.64 Å². The van der Waals surface area contributed by atoms with Gasteiger partial charge in [0.15, 0.2) is 5.82 Å². The maximum Gasteiger partial charge on any atom is 0.318 e. The highest BCUT2D eigenvalue weighted by Crippen LogP contribution is 2.41. The molecule has 1 aliphatic rings. The Morgan fingerprint density at radius 3 is 2.74 bits per heavy atom. The number of aliphatic hydroxyl groups excluding tert-OH is 1. The summed E-state index contributed by atoms with van der Waals surface area (Å²) in [6, 6.07) is 12.7. The van der Waals surface area contributed by atoms with Crippen LogP contribution in [0.2, 0.25) is 0 Å². The topological polar surface area (TPSA) is 78.7 Å². The molecular formula is C27H26FN3O3. The number of nitrogens with zero attached hydrogens (tertiary/aromatic N) is 3. The molecule has 2 N–H and O–H groups in total. The van der Waals surface area contributed by atoms with Gasteiger partial charge >= 0.3 is 6.01 Å². The van der Waals surface area contributed by atoms with Crippen molar-refractivity contribution >= 4 is 33.6 Å². The number of benzene rings is 3. The van der Waals surface area contributed by atoms with E-state index < -0.39 is 5.82 Å². The Hall–Kier alpha value is -3.71. The molecule has 0 radical (unpaired) electrons. The van der Waals surface area contributed by atoms with E-state index in [0.29, 0.717) is 47.4 Å². The molecule has 6 nitrogen and oxygen atoms in total. The Labute approximate surface area is 197 Å². The molecular weight excluding hydrogens is 433 g/mol. The van der Waals surface area contributed by atoms with Crippen LogP contribution >= 0.6 is 0 Å². The van der Waals surface area contributed by atoms with Gasteiger partial charge in [-0.05, 0) is 59.4 Å². The fourth-order valence-electron chi connectivity index (χ4n) is 4.77. The summed E-state index contributed by atoms with van der Waals surface area (Å²) in [4.78, 5) is 11.0. The molecule has 0 amide bonds. The predicted octanol–water partition coefficient (Wildman–Crippen LogP) is 5.30. The molecule has 0 bridgehead atoms. The van der Waals surface area contributed by atoms with Crippen molar-refractivity contribution in [3.8, 4) is 22.9 Å². The highest BCUT2D eigenvalue weighted by atomic mass is 19.1. The number of hydrogen-bond acceptors (Lipinski definition) is 6. The third-order valence-electron chi connectivity index (χ3n) is 6.44. The molecule has 7 heteroatoms. The maximum atomic E-state index is 16.3. The van der Waals surface area contributed by atoms with Crippen LogP contribution in [-0.2, 0) is 0 Å². The van der Waals surface area contributed by atoms with E-state index in [1.807, 2.05) is 30.3 Å². The molecule has 0 saturated carbocycles. The number of aliphatic hydroxyl groups is 1. The normalized spacial score (nSPS) is 16.6. The Balaban J connectivity index is 1.80. The van der Waals surface area contributed by atoms with Gasteiger partial charge in [0.25, 0.3) is 0 Å². The second-order valence-electron chi connectivity index (χ2n) is 8.58. The van der Waals surface area contributed by atoms with Crippen LogP contribution in [0.3, 0.4) is 0 Å². The average molecular weight is 460 g/mol. The first-order chi connectivity index (χ1) is 16.5. The molecule has 1 atom stereocenters. The van der Waals surface area contributed by atoms with Gasteiger partial charge in [0.2, 0.25) is 0 Å². The zero-order valence-electron chi connectivity index (χ0n) is 19.0. The third-order valence-corrected chi connectivity index (χ3v) is 6.44. The van der Waals surface area contributed by atoms with Crippen molar-refractivity contribution in [2.75, 3.05) is 25.1 Å². The van der Waals surface area contributed by atoms with Crippen LogP contribution in [0.1, 0.15) is 24.8 Å². The SMILES string of the molecule is C=Cc1cc2c(N3CCCC(O)CC3)nc(OC)nc2c(F)c1-c1cc(O)cc2ccccc12. The number of rotatable bonds is 4. The lowest BCUT2D eigenvalue weighted by Crippen LogP contribution is -2.26. The fourth-order valence-corrected chi connectivity index (χ4v) is 4.77. The van der Waals surface area contributed by atoms with E-state index in [1.165, 1.54) is 7.11 Å². The van der Waals surface area contributed by atoms with E-state index in [-0.39, 0.29) is 23.4 Å². The molecule has 1 unspecified atom stereocenters. The Bertz CT molecular complexity index is 1410. The summed E-state index contributed by atoms with van der Waals surface area (Å²) in [7, 11) is 1.46. The van der Waals surface area contributed by atoms with Crippen molar-refractivity contribution in [1.82, 2.24) is 9.97 Å². The number of aromatic hydroxyl groups is 1. The summed E-state index contributed by atoms with van der Waals surface area (Å²) in [6.07, 6.45) is 3.39. The molecule has 3 aromatic carbocycles. The minimum atomic E-state index is -0.528. The van der Waals surface area contributed by atoms with Crippen molar-refractivity contribution < 1.29 is 19.3 Å².